The zero-order valence-electron chi connectivity index (χ0n) is 12.7. The van der Waals surface area contributed by atoms with Crippen molar-refractivity contribution in [1.29, 1.82) is 0 Å². The van der Waals surface area contributed by atoms with E-state index in [1.165, 1.54) is 11.1 Å². The molecule has 4 heteroatoms. The monoisotopic (exact) mass is 292 g/mol. The molecule has 1 heterocycles. The Morgan fingerprint density at radius 1 is 1.05 bits per heavy atom. The minimum Gasteiger partial charge on any atom is -0.399 e. The normalized spacial score (nSPS) is 12.2. The average molecular weight is 292 g/mol. The molecule has 3 rings (SSSR count). The third-order valence-corrected chi connectivity index (χ3v) is 3.79. The van der Waals surface area contributed by atoms with Gasteiger partial charge in [-0.15, -0.1) is 5.10 Å². The van der Waals surface area contributed by atoms with Crippen LogP contribution in [-0.4, -0.2) is 15.0 Å². The smallest absolute Gasteiger partial charge is 0.0833 e. The zero-order chi connectivity index (χ0) is 15.4. The second-order valence-corrected chi connectivity index (χ2v) is 5.66. The van der Waals surface area contributed by atoms with Crippen LogP contribution in [0.15, 0.2) is 60.8 Å². The number of anilines is 1. The quantitative estimate of drug-likeness (QED) is 0.734. The highest BCUT2D eigenvalue weighted by Crippen LogP contribution is 2.20. The number of aromatic nitrogens is 3. The Morgan fingerprint density at radius 3 is 2.50 bits per heavy atom. The van der Waals surface area contributed by atoms with Crippen molar-refractivity contribution in [2.75, 3.05) is 5.73 Å². The van der Waals surface area contributed by atoms with Crippen LogP contribution in [0.25, 0.3) is 0 Å². The van der Waals surface area contributed by atoms with Gasteiger partial charge in [0.2, 0.25) is 0 Å². The van der Waals surface area contributed by atoms with Gasteiger partial charge < -0.3 is 5.73 Å². The molecule has 22 heavy (non-hydrogen) atoms. The van der Waals surface area contributed by atoms with Gasteiger partial charge in [0, 0.05) is 11.9 Å². The Balaban J connectivity index is 1.65. The average Bonchev–Trinajstić information content (AvgIpc) is 2.96. The van der Waals surface area contributed by atoms with Crippen molar-refractivity contribution in [2.24, 2.45) is 0 Å². The lowest BCUT2D eigenvalue weighted by molar-refractivity contribution is 0.648. The predicted molar refractivity (Wildman–Crippen MR) is 88.5 cm³/mol. The van der Waals surface area contributed by atoms with Crippen LogP contribution < -0.4 is 5.73 Å². The number of benzene rings is 2. The summed E-state index contributed by atoms with van der Waals surface area (Å²) >= 11 is 0. The fourth-order valence-corrected chi connectivity index (χ4v) is 2.54. The summed E-state index contributed by atoms with van der Waals surface area (Å²) in [5, 5.41) is 8.50. The highest BCUT2D eigenvalue weighted by atomic mass is 15.4. The highest BCUT2D eigenvalue weighted by Gasteiger charge is 2.09. The van der Waals surface area contributed by atoms with Crippen LogP contribution in [0.2, 0.25) is 0 Å². The van der Waals surface area contributed by atoms with E-state index in [1.54, 1.807) is 0 Å². The molecule has 1 unspecified atom stereocenters. The van der Waals surface area contributed by atoms with Crippen LogP contribution in [0.3, 0.4) is 0 Å². The lowest BCUT2D eigenvalue weighted by Crippen LogP contribution is -2.00. The molecule has 2 aromatic carbocycles. The second kappa shape index (κ2) is 6.43. The van der Waals surface area contributed by atoms with Crippen molar-refractivity contribution in [3.8, 4) is 0 Å². The Hall–Kier alpha value is -2.62. The van der Waals surface area contributed by atoms with Gasteiger partial charge in [0.15, 0.2) is 0 Å². The number of nitrogens with two attached hydrogens (primary N) is 1. The van der Waals surface area contributed by atoms with E-state index in [4.69, 9.17) is 5.73 Å². The fraction of sp³-hybridized carbons (Fsp3) is 0.222. The molecule has 112 valence electrons. The second-order valence-electron chi connectivity index (χ2n) is 5.66. The number of nitrogens with zero attached hydrogens (tertiary/aromatic N) is 3. The van der Waals surface area contributed by atoms with Gasteiger partial charge >= 0.3 is 0 Å². The van der Waals surface area contributed by atoms with E-state index in [-0.39, 0.29) is 0 Å². The summed E-state index contributed by atoms with van der Waals surface area (Å²) in [7, 11) is 0. The van der Waals surface area contributed by atoms with E-state index in [0.29, 0.717) is 5.92 Å². The first-order valence-electron chi connectivity index (χ1n) is 7.49. The zero-order valence-corrected chi connectivity index (χ0v) is 12.7. The summed E-state index contributed by atoms with van der Waals surface area (Å²) < 4.78 is 1.89. The van der Waals surface area contributed by atoms with E-state index in [0.717, 1.165) is 24.3 Å². The van der Waals surface area contributed by atoms with Crippen molar-refractivity contribution in [1.82, 2.24) is 15.0 Å². The molecular formula is C18H20N4. The molecule has 0 radical (unpaired) electrons. The van der Waals surface area contributed by atoms with Crippen molar-refractivity contribution >= 4 is 5.69 Å². The molecule has 0 bridgehead atoms. The van der Waals surface area contributed by atoms with Gasteiger partial charge in [0.05, 0.1) is 12.2 Å². The molecule has 1 aromatic heterocycles. The van der Waals surface area contributed by atoms with Crippen LogP contribution >= 0.6 is 0 Å². The summed E-state index contributed by atoms with van der Waals surface area (Å²) in [5.74, 6) is 0.391. The molecule has 0 amide bonds. The van der Waals surface area contributed by atoms with Crippen LogP contribution in [-0.2, 0) is 13.0 Å². The van der Waals surface area contributed by atoms with Gasteiger partial charge in [0.1, 0.15) is 0 Å². The molecule has 1 atom stereocenters. The van der Waals surface area contributed by atoms with Gasteiger partial charge in [-0.2, -0.15) is 0 Å². The van der Waals surface area contributed by atoms with Crippen molar-refractivity contribution < 1.29 is 0 Å². The molecular weight excluding hydrogens is 272 g/mol. The lowest BCUT2D eigenvalue weighted by atomic mass is 9.96. The van der Waals surface area contributed by atoms with Gasteiger partial charge in [-0.05, 0) is 35.6 Å². The maximum Gasteiger partial charge on any atom is 0.0833 e. The third kappa shape index (κ3) is 3.52. The first-order valence-corrected chi connectivity index (χ1v) is 7.49. The standard InChI is InChI=1S/C18H20N4/c1-14(16-7-9-17(19)10-8-16)11-18-13-22(21-20-18)12-15-5-3-2-4-6-15/h2-10,13-14H,11-12,19H2,1H3. The molecule has 0 aliphatic rings. The lowest BCUT2D eigenvalue weighted by Gasteiger charge is -2.09. The maximum absolute atomic E-state index is 5.73. The molecule has 0 aliphatic carbocycles. The van der Waals surface area contributed by atoms with Crippen LogP contribution in [0, 0.1) is 0 Å². The summed E-state index contributed by atoms with van der Waals surface area (Å²) in [6.45, 7) is 2.95. The first-order chi connectivity index (χ1) is 10.7. The Kier molecular flexibility index (Phi) is 4.19. The summed E-state index contributed by atoms with van der Waals surface area (Å²) in [5.41, 5.74) is 10.0. The van der Waals surface area contributed by atoms with E-state index in [9.17, 15) is 0 Å². The third-order valence-electron chi connectivity index (χ3n) is 3.79. The minimum absolute atomic E-state index is 0.391. The first kappa shape index (κ1) is 14.3. The molecule has 2 N–H and O–H groups in total. The van der Waals surface area contributed by atoms with Crippen LogP contribution in [0.4, 0.5) is 5.69 Å². The molecule has 0 aliphatic heterocycles. The predicted octanol–water partition coefficient (Wildman–Crippen LogP) is 3.25. The van der Waals surface area contributed by atoms with Crippen molar-refractivity contribution in [2.45, 2.75) is 25.8 Å². The molecule has 0 saturated heterocycles. The molecule has 4 nitrogen and oxygen atoms in total. The van der Waals surface area contributed by atoms with E-state index < -0.39 is 0 Å². The minimum atomic E-state index is 0.391. The van der Waals surface area contributed by atoms with Gasteiger partial charge in [0.25, 0.3) is 0 Å². The van der Waals surface area contributed by atoms with Crippen LogP contribution in [0.5, 0.6) is 0 Å². The van der Waals surface area contributed by atoms with E-state index in [2.05, 4.69) is 41.5 Å². The Bertz CT molecular complexity index is 716. The summed E-state index contributed by atoms with van der Waals surface area (Å²) in [6.07, 6.45) is 2.90. The molecule has 0 fully saturated rings. The van der Waals surface area contributed by atoms with Gasteiger partial charge in [-0.25, -0.2) is 4.68 Å². The van der Waals surface area contributed by atoms with Crippen LogP contribution in [0.1, 0.15) is 29.7 Å². The van der Waals surface area contributed by atoms with E-state index >= 15 is 0 Å². The summed E-state index contributed by atoms with van der Waals surface area (Å²) in [6, 6.07) is 18.3. The van der Waals surface area contributed by atoms with E-state index in [1.807, 2.05) is 41.2 Å². The molecule has 3 aromatic rings. The molecule has 0 spiro atoms. The number of rotatable bonds is 5. The fourth-order valence-electron chi connectivity index (χ4n) is 2.54. The maximum atomic E-state index is 5.73. The summed E-state index contributed by atoms with van der Waals surface area (Å²) in [4.78, 5) is 0. The van der Waals surface area contributed by atoms with Gasteiger partial charge in [-0.3, -0.25) is 0 Å². The number of hydrogen-bond acceptors (Lipinski definition) is 3. The number of hydrogen-bond donors (Lipinski definition) is 1. The molecule has 0 saturated carbocycles. The van der Waals surface area contributed by atoms with Crippen molar-refractivity contribution in [3.63, 3.8) is 0 Å². The van der Waals surface area contributed by atoms with Gasteiger partial charge in [-0.1, -0.05) is 54.6 Å². The Labute approximate surface area is 130 Å². The topological polar surface area (TPSA) is 56.7 Å². The number of nitrogen functional groups attached to an aromatic ring is 1. The Morgan fingerprint density at radius 2 is 1.77 bits per heavy atom. The SMILES string of the molecule is CC(Cc1cn(Cc2ccccc2)nn1)c1ccc(N)cc1. The highest BCUT2D eigenvalue weighted by molar-refractivity contribution is 5.40. The largest absolute Gasteiger partial charge is 0.399 e. The van der Waals surface area contributed by atoms with Crippen molar-refractivity contribution in [3.05, 3.63) is 77.6 Å².